The van der Waals surface area contributed by atoms with Gasteiger partial charge in [0.25, 0.3) is 5.91 Å². The van der Waals surface area contributed by atoms with Gasteiger partial charge in [0.15, 0.2) is 6.10 Å². The highest BCUT2D eigenvalue weighted by molar-refractivity contribution is 5.94. The summed E-state index contributed by atoms with van der Waals surface area (Å²) in [7, 11) is 0. The maximum Gasteiger partial charge on any atom is 0.265 e. The molecule has 0 aliphatic rings. The number of amides is 1. The Morgan fingerprint density at radius 2 is 2.00 bits per heavy atom. The predicted molar refractivity (Wildman–Crippen MR) is 83.5 cm³/mol. The lowest BCUT2D eigenvalue weighted by atomic mass is 10.1. The molecule has 110 valence electrons. The molecule has 4 nitrogen and oxygen atoms in total. The summed E-state index contributed by atoms with van der Waals surface area (Å²) in [5, 5.41) is 2.82. The van der Waals surface area contributed by atoms with Gasteiger partial charge in [-0.25, -0.2) is 0 Å². The maximum absolute atomic E-state index is 12.3. The molecular formula is C17H20N2O2. The SMILES string of the molecule is CCC(Oc1cc(C)cc(C)c1)C(=O)Nc1cccnc1. The second-order valence-electron chi connectivity index (χ2n) is 5.07. The Balaban J connectivity index is 2.07. The summed E-state index contributed by atoms with van der Waals surface area (Å²) in [4.78, 5) is 16.2. The molecule has 1 unspecified atom stereocenters. The van der Waals surface area contributed by atoms with Crippen LogP contribution in [-0.2, 0) is 4.79 Å². The third-order valence-electron chi connectivity index (χ3n) is 3.07. The number of rotatable bonds is 5. The molecular weight excluding hydrogens is 264 g/mol. The number of aromatic nitrogens is 1. The van der Waals surface area contributed by atoms with E-state index in [1.54, 1.807) is 24.5 Å². The van der Waals surface area contributed by atoms with Crippen LogP contribution in [0.5, 0.6) is 5.75 Å². The molecule has 0 aliphatic heterocycles. The monoisotopic (exact) mass is 284 g/mol. The standard InChI is InChI=1S/C17H20N2O2/c1-4-16(17(20)19-14-6-5-7-18-11-14)21-15-9-12(2)8-13(3)10-15/h5-11,16H,4H2,1-3H3,(H,19,20). The Kier molecular flexibility index (Phi) is 4.93. The second-order valence-corrected chi connectivity index (χ2v) is 5.07. The highest BCUT2D eigenvalue weighted by Gasteiger charge is 2.18. The summed E-state index contributed by atoms with van der Waals surface area (Å²) in [5.74, 6) is 0.561. The zero-order chi connectivity index (χ0) is 15.2. The minimum atomic E-state index is -0.522. The highest BCUT2D eigenvalue weighted by atomic mass is 16.5. The number of anilines is 1. The van der Waals surface area contributed by atoms with Crippen LogP contribution in [0.3, 0.4) is 0 Å². The van der Waals surface area contributed by atoms with Crippen LogP contribution in [0.1, 0.15) is 24.5 Å². The van der Waals surface area contributed by atoms with Crippen molar-refractivity contribution in [1.82, 2.24) is 4.98 Å². The number of carbonyl (C=O) groups excluding carboxylic acids is 1. The first-order valence-electron chi connectivity index (χ1n) is 7.04. The molecule has 1 aromatic carbocycles. The van der Waals surface area contributed by atoms with Gasteiger partial charge < -0.3 is 10.1 Å². The Labute approximate surface area is 125 Å². The van der Waals surface area contributed by atoms with E-state index in [0.29, 0.717) is 12.1 Å². The number of benzene rings is 1. The van der Waals surface area contributed by atoms with Gasteiger partial charge in [-0.2, -0.15) is 0 Å². The molecule has 0 aliphatic carbocycles. The summed E-state index contributed by atoms with van der Waals surface area (Å²) < 4.78 is 5.83. The van der Waals surface area contributed by atoms with Gasteiger partial charge in [-0.15, -0.1) is 0 Å². The van der Waals surface area contributed by atoms with Crippen molar-refractivity contribution < 1.29 is 9.53 Å². The van der Waals surface area contributed by atoms with E-state index in [1.807, 2.05) is 32.9 Å². The van der Waals surface area contributed by atoms with Crippen LogP contribution < -0.4 is 10.1 Å². The van der Waals surface area contributed by atoms with E-state index in [2.05, 4.69) is 16.4 Å². The minimum absolute atomic E-state index is 0.162. The number of hydrogen-bond acceptors (Lipinski definition) is 3. The van der Waals surface area contributed by atoms with Crippen LogP contribution in [0.2, 0.25) is 0 Å². The molecule has 0 bridgehead atoms. The highest BCUT2D eigenvalue weighted by Crippen LogP contribution is 2.19. The molecule has 0 radical (unpaired) electrons. The molecule has 21 heavy (non-hydrogen) atoms. The van der Waals surface area contributed by atoms with Crippen LogP contribution in [0.15, 0.2) is 42.7 Å². The van der Waals surface area contributed by atoms with Gasteiger partial charge in [-0.1, -0.05) is 13.0 Å². The third-order valence-corrected chi connectivity index (χ3v) is 3.07. The van der Waals surface area contributed by atoms with E-state index in [9.17, 15) is 4.79 Å². The van der Waals surface area contributed by atoms with Crippen molar-refractivity contribution >= 4 is 11.6 Å². The summed E-state index contributed by atoms with van der Waals surface area (Å²) in [6, 6.07) is 9.53. The number of pyridine rings is 1. The molecule has 1 amide bonds. The fourth-order valence-electron chi connectivity index (χ4n) is 2.15. The average molecular weight is 284 g/mol. The van der Waals surface area contributed by atoms with Gasteiger partial charge in [0, 0.05) is 6.20 Å². The van der Waals surface area contributed by atoms with Crippen LogP contribution in [-0.4, -0.2) is 17.0 Å². The molecule has 0 spiro atoms. The van der Waals surface area contributed by atoms with Gasteiger partial charge in [0.2, 0.25) is 0 Å². The summed E-state index contributed by atoms with van der Waals surface area (Å²) in [6.07, 6.45) is 3.35. The summed E-state index contributed by atoms with van der Waals surface area (Å²) in [5.41, 5.74) is 2.91. The Morgan fingerprint density at radius 3 is 2.57 bits per heavy atom. The Hall–Kier alpha value is -2.36. The van der Waals surface area contributed by atoms with Crippen LogP contribution in [0.25, 0.3) is 0 Å². The van der Waals surface area contributed by atoms with Crippen molar-refractivity contribution in [1.29, 1.82) is 0 Å². The predicted octanol–water partition coefficient (Wildman–Crippen LogP) is 3.49. The number of nitrogens with zero attached hydrogens (tertiary/aromatic N) is 1. The van der Waals surface area contributed by atoms with Crippen molar-refractivity contribution in [3.63, 3.8) is 0 Å². The topological polar surface area (TPSA) is 51.2 Å². The maximum atomic E-state index is 12.3. The van der Waals surface area contributed by atoms with Gasteiger partial charge in [-0.3, -0.25) is 9.78 Å². The first-order valence-corrected chi connectivity index (χ1v) is 7.04. The van der Waals surface area contributed by atoms with Crippen molar-refractivity contribution in [3.05, 3.63) is 53.9 Å². The van der Waals surface area contributed by atoms with Crippen LogP contribution >= 0.6 is 0 Å². The fourth-order valence-corrected chi connectivity index (χ4v) is 2.15. The number of aryl methyl sites for hydroxylation is 2. The molecule has 0 saturated heterocycles. The van der Waals surface area contributed by atoms with Crippen molar-refractivity contribution in [2.75, 3.05) is 5.32 Å². The van der Waals surface area contributed by atoms with Crippen molar-refractivity contribution in [2.45, 2.75) is 33.3 Å². The van der Waals surface area contributed by atoms with Gasteiger partial charge in [-0.05, 0) is 55.7 Å². The van der Waals surface area contributed by atoms with Crippen LogP contribution in [0.4, 0.5) is 5.69 Å². The average Bonchev–Trinajstić information content (AvgIpc) is 2.44. The molecule has 4 heteroatoms. The normalized spacial score (nSPS) is 11.8. The van der Waals surface area contributed by atoms with E-state index in [-0.39, 0.29) is 5.91 Å². The lowest BCUT2D eigenvalue weighted by Crippen LogP contribution is -2.32. The van der Waals surface area contributed by atoms with E-state index in [4.69, 9.17) is 4.74 Å². The minimum Gasteiger partial charge on any atom is -0.481 e. The van der Waals surface area contributed by atoms with Crippen molar-refractivity contribution in [2.24, 2.45) is 0 Å². The van der Waals surface area contributed by atoms with Gasteiger partial charge in [0.05, 0.1) is 11.9 Å². The second kappa shape index (κ2) is 6.88. The number of ether oxygens (including phenoxy) is 1. The zero-order valence-corrected chi connectivity index (χ0v) is 12.6. The molecule has 1 N–H and O–H groups in total. The number of carbonyl (C=O) groups is 1. The largest absolute Gasteiger partial charge is 0.481 e. The lowest BCUT2D eigenvalue weighted by molar-refractivity contribution is -0.122. The molecule has 2 rings (SSSR count). The van der Waals surface area contributed by atoms with E-state index >= 15 is 0 Å². The first kappa shape index (κ1) is 15.0. The summed E-state index contributed by atoms with van der Waals surface area (Å²) >= 11 is 0. The molecule has 0 fully saturated rings. The van der Waals surface area contributed by atoms with E-state index < -0.39 is 6.10 Å². The van der Waals surface area contributed by atoms with E-state index in [1.165, 1.54) is 0 Å². The molecule has 0 saturated carbocycles. The molecule has 1 aromatic heterocycles. The Morgan fingerprint density at radius 1 is 1.29 bits per heavy atom. The van der Waals surface area contributed by atoms with Gasteiger partial charge in [0.1, 0.15) is 5.75 Å². The van der Waals surface area contributed by atoms with Gasteiger partial charge >= 0.3 is 0 Å². The summed E-state index contributed by atoms with van der Waals surface area (Å²) in [6.45, 7) is 5.95. The van der Waals surface area contributed by atoms with E-state index in [0.717, 1.165) is 16.9 Å². The Bertz CT molecular complexity index is 591. The number of hydrogen-bond donors (Lipinski definition) is 1. The smallest absolute Gasteiger partial charge is 0.265 e. The quantitative estimate of drug-likeness (QED) is 0.914. The molecule has 1 heterocycles. The molecule has 1 atom stereocenters. The van der Waals surface area contributed by atoms with Crippen LogP contribution in [0, 0.1) is 13.8 Å². The first-order chi connectivity index (χ1) is 10.1. The number of nitrogens with one attached hydrogen (secondary N) is 1. The fraction of sp³-hybridized carbons (Fsp3) is 0.294. The van der Waals surface area contributed by atoms with Crippen molar-refractivity contribution in [3.8, 4) is 5.75 Å². The third kappa shape index (κ3) is 4.31. The lowest BCUT2D eigenvalue weighted by Gasteiger charge is -2.18. The zero-order valence-electron chi connectivity index (χ0n) is 12.6. The molecule has 2 aromatic rings.